The molecule has 2 N–H and O–H groups in total. The largest absolute Gasteiger partial charge is 0.481 e. The molecule has 16 heteroatoms. The maximum Gasteiger partial charge on any atom is 0.451 e. The molecule has 8 rings (SSSR count). The number of aryl methyl sites for hydroxylation is 2. The zero-order chi connectivity index (χ0) is 37.6. The standard InChI is InChI=1S/C37H34ClF3N8O4/c1-18-20(7-6-10-23(18)42-30-28-31(45-34(44-30)37(39,40)41)47(2)35(52)48(3)33(28)51)21-8-5-9-22(29(21)38)24-15-19-11-12-25(27(19)32(43-24)53-4)49-16-36(17-49)14-13-26(50)46-36/h5-10,15,25H,11-14,16-17H2,1-4H3,(H,46,50)(H,42,44,45)/t25-/m1/s1. The van der Waals surface area contributed by atoms with E-state index < -0.39 is 34.7 Å². The number of nitrogens with zero attached hydrogens (tertiary/aromatic N) is 6. The van der Waals surface area contributed by atoms with E-state index in [9.17, 15) is 27.6 Å². The summed E-state index contributed by atoms with van der Waals surface area (Å²) < 4.78 is 49.3. The van der Waals surface area contributed by atoms with Crippen molar-refractivity contribution in [2.75, 3.05) is 25.5 Å². The van der Waals surface area contributed by atoms with Gasteiger partial charge in [0.2, 0.25) is 17.6 Å². The molecule has 3 aliphatic rings. The summed E-state index contributed by atoms with van der Waals surface area (Å²) in [6.07, 6.45) is -1.80. The fraction of sp³-hybridized carbons (Fsp3) is 0.351. The lowest BCUT2D eigenvalue weighted by molar-refractivity contribution is -0.144. The average molecular weight is 747 g/mol. The van der Waals surface area contributed by atoms with E-state index in [4.69, 9.17) is 21.3 Å². The van der Waals surface area contributed by atoms with E-state index in [1.165, 1.54) is 14.1 Å². The van der Waals surface area contributed by atoms with Crippen LogP contribution in [0.3, 0.4) is 0 Å². The van der Waals surface area contributed by atoms with Gasteiger partial charge in [-0.25, -0.2) is 19.7 Å². The molecule has 53 heavy (non-hydrogen) atoms. The first kappa shape index (κ1) is 34.8. The van der Waals surface area contributed by atoms with Gasteiger partial charge in [0.15, 0.2) is 5.65 Å². The van der Waals surface area contributed by atoms with Crippen LogP contribution in [0.15, 0.2) is 52.1 Å². The van der Waals surface area contributed by atoms with E-state index in [1.807, 2.05) is 30.3 Å². The number of carbonyl (C=O) groups excluding carboxylic acids is 1. The number of hydrogen-bond acceptors (Lipinski definition) is 9. The van der Waals surface area contributed by atoms with Crippen molar-refractivity contribution in [1.29, 1.82) is 0 Å². The van der Waals surface area contributed by atoms with E-state index in [-0.39, 0.29) is 22.9 Å². The number of methoxy groups -OCH3 is 1. The lowest BCUT2D eigenvalue weighted by Crippen LogP contribution is -2.67. The maximum absolute atomic E-state index is 13.9. The van der Waals surface area contributed by atoms with Crippen molar-refractivity contribution in [2.24, 2.45) is 14.1 Å². The van der Waals surface area contributed by atoms with Gasteiger partial charge in [0.05, 0.1) is 23.4 Å². The summed E-state index contributed by atoms with van der Waals surface area (Å²) in [6, 6.07) is 12.9. The smallest absolute Gasteiger partial charge is 0.451 e. The van der Waals surface area contributed by atoms with Crippen molar-refractivity contribution in [3.63, 3.8) is 0 Å². The number of alkyl halides is 3. The molecule has 274 valence electrons. The number of amides is 1. The van der Waals surface area contributed by atoms with Gasteiger partial charge in [-0.2, -0.15) is 13.2 Å². The van der Waals surface area contributed by atoms with Crippen LogP contribution in [-0.2, 0) is 31.5 Å². The molecule has 5 aromatic rings. The van der Waals surface area contributed by atoms with E-state index in [1.54, 1.807) is 26.2 Å². The summed E-state index contributed by atoms with van der Waals surface area (Å²) in [7, 11) is 4.07. The molecule has 12 nitrogen and oxygen atoms in total. The van der Waals surface area contributed by atoms with E-state index in [0.29, 0.717) is 51.0 Å². The highest BCUT2D eigenvalue weighted by atomic mass is 35.5. The van der Waals surface area contributed by atoms with Crippen LogP contribution in [0.1, 0.15) is 47.8 Å². The highest BCUT2D eigenvalue weighted by Gasteiger charge is 2.51. The van der Waals surface area contributed by atoms with Crippen LogP contribution in [0.25, 0.3) is 33.4 Å². The first-order valence-electron chi connectivity index (χ1n) is 17.0. The number of nitrogens with one attached hydrogen (secondary N) is 2. The Morgan fingerprint density at radius 1 is 0.981 bits per heavy atom. The lowest BCUT2D eigenvalue weighted by Gasteiger charge is -2.50. The Labute approximate surface area is 305 Å². The Balaban J connectivity index is 1.15. The van der Waals surface area contributed by atoms with Crippen LogP contribution in [-0.4, -0.2) is 60.6 Å². The van der Waals surface area contributed by atoms with Crippen molar-refractivity contribution >= 4 is 40.0 Å². The number of pyridine rings is 1. The number of carbonyl (C=O) groups is 1. The Morgan fingerprint density at radius 2 is 1.70 bits per heavy atom. The molecule has 2 aromatic carbocycles. The van der Waals surface area contributed by atoms with E-state index in [0.717, 1.165) is 52.6 Å². The van der Waals surface area contributed by atoms with Crippen LogP contribution in [0, 0.1) is 6.92 Å². The SMILES string of the molecule is COc1nc(-c2cccc(-c3cccc(Nc4nc(C(F)(F)F)nc5c4c(=O)n(C)c(=O)n5C)c3C)c2Cl)cc2c1[C@H](N1CC3(CCC(=O)N3)C1)CC2. The van der Waals surface area contributed by atoms with Crippen LogP contribution in [0.4, 0.5) is 24.7 Å². The summed E-state index contributed by atoms with van der Waals surface area (Å²) in [4.78, 5) is 52.2. The second kappa shape index (κ2) is 12.4. The molecule has 0 bridgehead atoms. The number of benzene rings is 2. The monoisotopic (exact) mass is 746 g/mol. The predicted molar refractivity (Wildman–Crippen MR) is 192 cm³/mol. The minimum Gasteiger partial charge on any atom is -0.481 e. The summed E-state index contributed by atoms with van der Waals surface area (Å²) in [6.45, 7) is 3.36. The van der Waals surface area contributed by atoms with Crippen LogP contribution >= 0.6 is 11.6 Å². The molecule has 0 saturated carbocycles. The first-order chi connectivity index (χ1) is 25.2. The zero-order valence-electron chi connectivity index (χ0n) is 29.2. The molecular formula is C37H34ClF3N8O4. The normalized spacial score (nSPS) is 18.0. The minimum atomic E-state index is -4.95. The van der Waals surface area contributed by atoms with Crippen LogP contribution in [0.2, 0.25) is 5.02 Å². The highest BCUT2D eigenvalue weighted by Crippen LogP contribution is 2.48. The number of aromatic nitrogens is 5. The third-order valence-electron chi connectivity index (χ3n) is 10.7. The number of rotatable bonds is 6. The molecule has 2 aliphatic heterocycles. The number of ether oxygens (including phenoxy) is 1. The molecule has 2 fully saturated rings. The maximum atomic E-state index is 13.9. The van der Waals surface area contributed by atoms with Crippen LogP contribution < -0.4 is 26.6 Å². The van der Waals surface area contributed by atoms with Crippen molar-refractivity contribution in [1.82, 2.24) is 34.3 Å². The minimum absolute atomic E-state index is 0.109. The van der Waals surface area contributed by atoms with Crippen molar-refractivity contribution in [3.8, 4) is 28.3 Å². The molecule has 0 unspecified atom stereocenters. The Hall–Kier alpha value is -5.28. The number of anilines is 2. The summed E-state index contributed by atoms with van der Waals surface area (Å²) in [5.74, 6) is -1.26. The van der Waals surface area contributed by atoms with E-state index >= 15 is 0 Å². The highest BCUT2D eigenvalue weighted by molar-refractivity contribution is 6.36. The molecule has 5 heterocycles. The number of halogens is 4. The van der Waals surface area contributed by atoms with Gasteiger partial charge < -0.3 is 15.4 Å². The molecular weight excluding hydrogens is 713 g/mol. The van der Waals surface area contributed by atoms with Gasteiger partial charge in [-0.05, 0) is 55.0 Å². The van der Waals surface area contributed by atoms with E-state index in [2.05, 4.69) is 25.5 Å². The Bertz CT molecular complexity index is 2490. The lowest BCUT2D eigenvalue weighted by atomic mass is 9.86. The van der Waals surface area contributed by atoms with Gasteiger partial charge in [-0.1, -0.05) is 41.9 Å². The summed E-state index contributed by atoms with van der Waals surface area (Å²) >= 11 is 7.15. The van der Waals surface area contributed by atoms with Crippen molar-refractivity contribution in [2.45, 2.75) is 50.4 Å². The van der Waals surface area contributed by atoms with Gasteiger partial charge in [0, 0.05) is 62.0 Å². The molecule has 3 aromatic heterocycles. The van der Waals surface area contributed by atoms with Gasteiger partial charge in [0.25, 0.3) is 5.56 Å². The average Bonchev–Trinajstić information content (AvgIpc) is 3.73. The Morgan fingerprint density at radius 3 is 2.40 bits per heavy atom. The first-order valence-corrected chi connectivity index (χ1v) is 17.4. The molecule has 0 radical (unpaired) electrons. The van der Waals surface area contributed by atoms with Crippen molar-refractivity contribution in [3.05, 3.63) is 90.8 Å². The fourth-order valence-electron chi connectivity index (χ4n) is 8.01. The number of likely N-dealkylation sites (tertiary alicyclic amines) is 1. The second-order valence-electron chi connectivity index (χ2n) is 13.9. The van der Waals surface area contributed by atoms with Gasteiger partial charge in [-0.3, -0.25) is 23.6 Å². The molecule has 1 amide bonds. The molecule has 1 atom stereocenters. The molecule has 1 aliphatic carbocycles. The van der Waals surface area contributed by atoms with Gasteiger partial charge in [-0.15, -0.1) is 0 Å². The second-order valence-corrected chi connectivity index (χ2v) is 14.3. The quantitative estimate of drug-likeness (QED) is 0.233. The summed E-state index contributed by atoms with van der Waals surface area (Å²) in [5, 5.41) is 6.22. The third-order valence-corrected chi connectivity index (χ3v) is 11.1. The van der Waals surface area contributed by atoms with Gasteiger partial charge >= 0.3 is 11.9 Å². The van der Waals surface area contributed by atoms with Crippen LogP contribution in [0.5, 0.6) is 5.88 Å². The topological polar surface area (TPSA) is 136 Å². The van der Waals surface area contributed by atoms with Crippen molar-refractivity contribution < 1.29 is 22.7 Å². The number of hydrogen-bond donors (Lipinski definition) is 2. The molecule has 1 spiro atoms. The zero-order valence-corrected chi connectivity index (χ0v) is 29.9. The third kappa shape index (κ3) is 5.64. The number of fused-ring (bicyclic) bond motifs is 2. The predicted octanol–water partition coefficient (Wildman–Crippen LogP) is 5.44. The Kier molecular flexibility index (Phi) is 8.14. The fourth-order valence-corrected chi connectivity index (χ4v) is 8.33. The molecule has 2 saturated heterocycles. The van der Waals surface area contributed by atoms with Gasteiger partial charge in [0.1, 0.15) is 11.2 Å². The summed E-state index contributed by atoms with van der Waals surface area (Å²) in [5.41, 5.74) is 3.53.